The molecule has 0 aromatic heterocycles. The molecule has 3 rings (SSSR count). The van der Waals surface area contributed by atoms with Crippen LogP contribution >= 0.6 is 0 Å². The van der Waals surface area contributed by atoms with Gasteiger partial charge in [-0.05, 0) is 63.8 Å². The first-order chi connectivity index (χ1) is 10.3. The summed E-state index contributed by atoms with van der Waals surface area (Å²) in [5, 5.41) is 3.74. The second-order valence-electron chi connectivity index (χ2n) is 7.94. The fourth-order valence-electron chi connectivity index (χ4n) is 5.04. The first-order valence-corrected chi connectivity index (χ1v) is 9.71. The predicted molar refractivity (Wildman–Crippen MR) is 88.6 cm³/mol. The maximum absolute atomic E-state index is 6.59. The van der Waals surface area contributed by atoms with E-state index in [9.17, 15) is 0 Å². The van der Waals surface area contributed by atoms with E-state index in [1.807, 2.05) is 0 Å². The Kier molecular flexibility index (Phi) is 5.61. The molecule has 1 saturated heterocycles. The van der Waals surface area contributed by atoms with Crippen LogP contribution in [0.1, 0.15) is 90.4 Å². The van der Waals surface area contributed by atoms with Crippen molar-refractivity contribution in [2.45, 2.75) is 108 Å². The third-order valence-corrected chi connectivity index (χ3v) is 6.17. The summed E-state index contributed by atoms with van der Waals surface area (Å²) >= 11 is 0. The highest BCUT2D eigenvalue weighted by Gasteiger charge is 2.41. The molecular formula is C19H35NO. The summed E-state index contributed by atoms with van der Waals surface area (Å²) in [6, 6.07) is 0.786. The minimum atomic E-state index is 0.317. The summed E-state index contributed by atoms with van der Waals surface area (Å²) in [4.78, 5) is 0. The van der Waals surface area contributed by atoms with E-state index in [1.165, 1.54) is 90.0 Å². The molecule has 122 valence electrons. The van der Waals surface area contributed by atoms with E-state index in [0.717, 1.165) is 12.0 Å². The van der Waals surface area contributed by atoms with Crippen LogP contribution in [0.4, 0.5) is 0 Å². The minimum Gasteiger partial charge on any atom is -0.372 e. The maximum atomic E-state index is 6.59. The van der Waals surface area contributed by atoms with Gasteiger partial charge in [0, 0.05) is 6.04 Å². The second kappa shape index (κ2) is 7.46. The highest BCUT2D eigenvalue weighted by atomic mass is 16.5. The molecule has 1 spiro atoms. The lowest BCUT2D eigenvalue weighted by molar-refractivity contribution is -0.0713. The maximum Gasteiger partial charge on any atom is 0.0687 e. The minimum absolute atomic E-state index is 0.317. The molecule has 1 aliphatic heterocycles. The van der Waals surface area contributed by atoms with Crippen LogP contribution in [0.2, 0.25) is 0 Å². The average Bonchev–Trinajstić information content (AvgIpc) is 2.88. The van der Waals surface area contributed by atoms with Gasteiger partial charge >= 0.3 is 0 Å². The fourth-order valence-corrected chi connectivity index (χ4v) is 5.04. The molecular weight excluding hydrogens is 258 g/mol. The molecule has 3 fully saturated rings. The van der Waals surface area contributed by atoms with E-state index in [4.69, 9.17) is 4.74 Å². The van der Waals surface area contributed by atoms with Gasteiger partial charge in [-0.15, -0.1) is 0 Å². The van der Waals surface area contributed by atoms with Crippen molar-refractivity contribution in [3.05, 3.63) is 0 Å². The molecule has 0 bridgehead atoms. The summed E-state index contributed by atoms with van der Waals surface area (Å²) in [5.74, 6) is 0.914. The van der Waals surface area contributed by atoms with Crippen molar-refractivity contribution in [2.24, 2.45) is 5.92 Å². The van der Waals surface area contributed by atoms with Crippen molar-refractivity contribution in [1.82, 2.24) is 5.32 Å². The van der Waals surface area contributed by atoms with Crippen LogP contribution in [0.25, 0.3) is 0 Å². The van der Waals surface area contributed by atoms with Gasteiger partial charge in [-0.2, -0.15) is 0 Å². The van der Waals surface area contributed by atoms with Crippen LogP contribution in [-0.2, 0) is 4.74 Å². The van der Waals surface area contributed by atoms with Crippen LogP contribution in [0.5, 0.6) is 0 Å². The van der Waals surface area contributed by atoms with E-state index in [2.05, 4.69) is 12.2 Å². The van der Waals surface area contributed by atoms with Gasteiger partial charge in [-0.1, -0.05) is 39.0 Å². The van der Waals surface area contributed by atoms with E-state index >= 15 is 0 Å². The molecule has 21 heavy (non-hydrogen) atoms. The fraction of sp³-hybridized carbons (Fsp3) is 1.00. The Morgan fingerprint density at radius 3 is 2.67 bits per heavy atom. The lowest BCUT2D eigenvalue weighted by atomic mass is 9.81. The van der Waals surface area contributed by atoms with Crippen molar-refractivity contribution in [3.63, 3.8) is 0 Å². The van der Waals surface area contributed by atoms with Crippen LogP contribution in [0.3, 0.4) is 0 Å². The Morgan fingerprint density at radius 1 is 1.00 bits per heavy atom. The van der Waals surface area contributed by atoms with Crippen LogP contribution in [0.15, 0.2) is 0 Å². The number of rotatable bonds is 5. The Labute approximate surface area is 131 Å². The predicted octanol–water partition coefficient (Wildman–Crippen LogP) is 4.82. The van der Waals surface area contributed by atoms with Gasteiger partial charge in [-0.3, -0.25) is 0 Å². The van der Waals surface area contributed by atoms with Crippen LogP contribution in [0, 0.1) is 5.92 Å². The SMILES string of the molecule is CCCNC1CCCC(CC2CCC3(CCCCC3)O2)C1. The molecule has 0 amide bonds. The molecule has 2 nitrogen and oxygen atoms in total. The van der Waals surface area contributed by atoms with Gasteiger partial charge < -0.3 is 10.1 Å². The number of nitrogens with one attached hydrogen (secondary N) is 1. The summed E-state index contributed by atoms with van der Waals surface area (Å²) in [7, 11) is 0. The summed E-state index contributed by atoms with van der Waals surface area (Å²) in [6.45, 7) is 3.46. The lowest BCUT2D eigenvalue weighted by Gasteiger charge is -2.35. The van der Waals surface area contributed by atoms with Gasteiger partial charge in [0.05, 0.1) is 11.7 Å². The van der Waals surface area contributed by atoms with Gasteiger partial charge in [-0.25, -0.2) is 0 Å². The Bertz CT molecular complexity index is 311. The quantitative estimate of drug-likeness (QED) is 0.785. The van der Waals surface area contributed by atoms with Crippen molar-refractivity contribution < 1.29 is 4.74 Å². The number of hydrogen-bond donors (Lipinski definition) is 1. The number of hydrogen-bond acceptors (Lipinski definition) is 2. The largest absolute Gasteiger partial charge is 0.372 e. The average molecular weight is 293 g/mol. The molecule has 2 aliphatic carbocycles. The standard InChI is InChI=1S/C19H35NO/c1-2-13-20-17-8-6-7-16(14-17)15-18-9-12-19(21-18)10-4-3-5-11-19/h16-18,20H,2-15H2,1H3. The molecule has 1 heterocycles. The molecule has 2 heteroatoms. The van der Waals surface area contributed by atoms with Crippen molar-refractivity contribution >= 4 is 0 Å². The Morgan fingerprint density at radius 2 is 1.86 bits per heavy atom. The van der Waals surface area contributed by atoms with E-state index in [0.29, 0.717) is 11.7 Å². The van der Waals surface area contributed by atoms with Crippen molar-refractivity contribution in [3.8, 4) is 0 Å². The summed E-state index contributed by atoms with van der Waals surface area (Å²) < 4.78 is 6.59. The first-order valence-electron chi connectivity index (χ1n) is 9.71. The van der Waals surface area contributed by atoms with Crippen LogP contribution in [-0.4, -0.2) is 24.3 Å². The highest BCUT2D eigenvalue weighted by molar-refractivity contribution is 4.92. The molecule has 3 aliphatic rings. The number of ether oxygens (including phenoxy) is 1. The van der Waals surface area contributed by atoms with Gasteiger partial charge in [0.2, 0.25) is 0 Å². The zero-order chi connectivity index (χ0) is 14.5. The molecule has 0 radical (unpaired) electrons. The third kappa shape index (κ3) is 4.22. The molecule has 0 aromatic rings. The third-order valence-electron chi connectivity index (χ3n) is 6.17. The van der Waals surface area contributed by atoms with Gasteiger partial charge in [0.25, 0.3) is 0 Å². The highest BCUT2D eigenvalue weighted by Crippen LogP contribution is 2.44. The molecule has 2 saturated carbocycles. The Balaban J connectivity index is 1.44. The monoisotopic (exact) mass is 293 g/mol. The zero-order valence-corrected chi connectivity index (χ0v) is 14.0. The van der Waals surface area contributed by atoms with E-state index in [1.54, 1.807) is 0 Å². The van der Waals surface area contributed by atoms with Crippen molar-refractivity contribution in [2.75, 3.05) is 6.54 Å². The van der Waals surface area contributed by atoms with E-state index in [-0.39, 0.29) is 0 Å². The second-order valence-corrected chi connectivity index (χ2v) is 7.94. The molecule has 1 N–H and O–H groups in total. The lowest BCUT2D eigenvalue weighted by Crippen LogP contribution is -2.36. The smallest absolute Gasteiger partial charge is 0.0687 e. The normalized spacial score (nSPS) is 36.1. The van der Waals surface area contributed by atoms with Crippen molar-refractivity contribution in [1.29, 1.82) is 0 Å². The topological polar surface area (TPSA) is 21.3 Å². The summed E-state index contributed by atoms with van der Waals surface area (Å²) in [5.41, 5.74) is 0.317. The summed E-state index contributed by atoms with van der Waals surface area (Å²) in [6.07, 6.45) is 18.4. The van der Waals surface area contributed by atoms with Crippen LogP contribution < -0.4 is 5.32 Å². The van der Waals surface area contributed by atoms with E-state index < -0.39 is 0 Å². The van der Waals surface area contributed by atoms with Gasteiger partial charge in [0.1, 0.15) is 0 Å². The molecule has 3 unspecified atom stereocenters. The first kappa shape index (κ1) is 15.8. The zero-order valence-electron chi connectivity index (χ0n) is 14.0. The van der Waals surface area contributed by atoms with Gasteiger partial charge in [0.15, 0.2) is 0 Å². The Hall–Kier alpha value is -0.0800. The molecule has 3 atom stereocenters. The molecule has 0 aromatic carbocycles.